The zero-order valence-corrected chi connectivity index (χ0v) is 11.1. The average Bonchev–Trinajstić information content (AvgIpc) is 2.70. The number of aromatic nitrogens is 1. The van der Waals surface area contributed by atoms with Gasteiger partial charge in [-0.15, -0.1) is 11.3 Å². The number of aliphatic hydroxyl groups excluding tert-OH is 1. The molecule has 1 atom stereocenters. The van der Waals surface area contributed by atoms with E-state index in [2.05, 4.69) is 4.98 Å². The number of hydrogen-bond acceptors (Lipinski definition) is 3. The molecule has 3 heteroatoms. The van der Waals surface area contributed by atoms with Crippen LogP contribution in [0.2, 0.25) is 0 Å². The van der Waals surface area contributed by atoms with Gasteiger partial charge in [0.25, 0.3) is 0 Å². The molecule has 1 heterocycles. The molecule has 0 saturated heterocycles. The molecule has 94 valence electrons. The van der Waals surface area contributed by atoms with Crippen molar-refractivity contribution in [1.29, 1.82) is 0 Å². The average molecular weight is 259 g/mol. The van der Waals surface area contributed by atoms with Crippen molar-refractivity contribution in [2.45, 2.75) is 38.2 Å². The molecule has 0 bridgehead atoms. The van der Waals surface area contributed by atoms with Gasteiger partial charge in [0.1, 0.15) is 11.1 Å². The molecule has 0 saturated carbocycles. The second-order valence-electron chi connectivity index (χ2n) is 4.80. The molecule has 1 N–H and O–H groups in total. The Kier molecular flexibility index (Phi) is 3.43. The summed E-state index contributed by atoms with van der Waals surface area (Å²) in [7, 11) is 0. The lowest BCUT2D eigenvalue weighted by molar-refractivity contribution is 0.219. The first-order valence-corrected chi connectivity index (χ1v) is 7.38. The fourth-order valence-corrected chi connectivity index (χ4v) is 3.61. The number of aliphatic hydroxyl groups is 1. The van der Waals surface area contributed by atoms with E-state index < -0.39 is 6.10 Å². The van der Waals surface area contributed by atoms with Crippen LogP contribution in [0.15, 0.2) is 30.3 Å². The van der Waals surface area contributed by atoms with E-state index in [0.717, 1.165) is 23.4 Å². The number of fused-ring (bicyclic) bond motifs is 1. The first-order valence-electron chi connectivity index (χ1n) is 6.56. The highest BCUT2D eigenvalue weighted by Gasteiger charge is 2.19. The normalized spacial score (nSPS) is 16.9. The Bertz CT molecular complexity index is 497. The Hall–Kier alpha value is -1.19. The zero-order valence-electron chi connectivity index (χ0n) is 10.3. The number of benzene rings is 1. The van der Waals surface area contributed by atoms with Gasteiger partial charge in [0, 0.05) is 4.88 Å². The molecule has 1 aromatic carbocycles. The number of hydrogen-bond donors (Lipinski definition) is 1. The lowest BCUT2D eigenvalue weighted by atomic mass is 10.1. The van der Waals surface area contributed by atoms with Crippen LogP contribution in [0, 0.1) is 0 Å². The molecule has 2 nitrogen and oxygen atoms in total. The first-order chi connectivity index (χ1) is 8.84. The van der Waals surface area contributed by atoms with Crippen LogP contribution in [0.5, 0.6) is 0 Å². The van der Waals surface area contributed by atoms with Gasteiger partial charge in [0.05, 0.1) is 5.69 Å². The van der Waals surface area contributed by atoms with Crippen molar-refractivity contribution in [3.05, 3.63) is 51.5 Å². The molecule has 0 fully saturated rings. The summed E-state index contributed by atoms with van der Waals surface area (Å²) in [6.45, 7) is 0. The summed E-state index contributed by atoms with van der Waals surface area (Å²) in [5, 5.41) is 11.2. The maximum Gasteiger partial charge on any atom is 0.131 e. The maximum absolute atomic E-state index is 10.4. The topological polar surface area (TPSA) is 33.1 Å². The minimum Gasteiger partial charge on any atom is -0.381 e. The van der Waals surface area contributed by atoms with E-state index in [1.165, 1.54) is 29.8 Å². The third kappa shape index (κ3) is 2.33. The van der Waals surface area contributed by atoms with Gasteiger partial charge in [-0.1, -0.05) is 36.8 Å². The summed E-state index contributed by atoms with van der Waals surface area (Å²) in [5.41, 5.74) is 2.16. The maximum atomic E-state index is 10.4. The van der Waals surface area contributed by atoms with Crippen molar-refractivity contribution in [3.8, 4) is 0 Å². The van der Waals surface area contributed by atoms with Crippen molar-refractivity contribution < 1.29 is 5.11 Å². The molecule has 0 radical (unpaired) electrons. The van der Waals surface area contributed by atoms with Crippen LogP contribution in [0.25, 0.3) is 0 Å². The number of nitrogens with zero attached hydrogens (tertiary/aromatic N) is 1. The smallest absolute Gasteiger partial charge is 0.131 e. The van der Waals surface area contributed by atoms with Crippen molar-refractivity contribution >= 4 is 11.3 Å². The minimum atomic E-state index is -0.567. The summed E-state index contributed by atoms with van der Waals surface area (Å²) in [6, 6.07) is 9.79. The van der Waals surface area contributed by atoms with Crippen LogP contribution < -0.4 is 0 Å². The van der Waals surface area contributed by atoms with Crippen LogP contribution in [-0.2, 0) is 12.8 Å². The number of rotatable bonds is 2. The van der Waals surface area contributed by atoms with E-state index in [0.29, 0.717) is 0 Å². The molecule has 0 aliphatic heterocycles. The summed E-state index contributed by atoms with van der Waals surface area (Å²) < 4.78 is 0. The van der Waals surface area contributed by atoms with Gasteiger partial charge in [-0.3, -0.25) is 0 Å². The highest BCUT2D eigenvalue weighted by atomic mass is 32.1. The van der Waals surface area contributed by atoms with E-state index in [1.807, 2.05) is 30.3 Å². The molecular formula is C15H17NOS. The third-order valence-corrected chi connectivity index (χ3v) is 4.67. The lowest BCUT2D eigenvalue weighted by Gasteiger charge is -2.07. The van der Waals surface area contributed by atoms with E-state index in [4.69, 9.17) is 0 Å². The largest absolute Gasteiger partial charge is 0.381 e. The Labute approximate surface area is 111 Å². The van der Waals surface area contributed by atoms with Crippen molar-refractivity contribution in [2.75, 3.05) is 0 Å². The predicted octanol–water partition coefficient (Wildman–Crippen LogP) is 3.49. The SMILES string of the molecule is OC(c1ccccc1)c1nc2c(s1)CCCCC2. The molecule has 0 spiro atoms. The third-order valence-electron chi connectivity index (χ3n) is 3.46. The Morgan fingerprint density at radius 1 is 1.06 bits per heavy atom. The van der Waals surface area contributed by atoms with Crippen LogP contribution >= 0.6 is 11.3 Å². The van der Waals surface area contributed by atoms with Gasteiger partial charge in [0.15, 0.2) is 0 Å². The second kappa shape index (κ2) is 5.21. The van der Waals surface area contributed by atoms with Crippen LogP contribution in [0.3, 0.4) is 0 Å². The van der Waals surface area contributed by atoms with Gasteiger partial charge < -0.3 is 5.11 Å². The molecule has 1 aliphatic carbocycles. The Morgan fingerprint density at radius 2 is 1.83 bits per heavy atom. The standard InChI is InChI=1S/C15H17NOS/c17-14(11-7-3-1-4-8-11)15-16-12-9-5-2-6-10-13(12)18-15/h1,3-4,7-8,14,17H,2,5-6,9-10H2. The van der Waals surface area contributed by atoms with Crippen LogP contribution in [0.4, 0.5) is 0 Å². The summed E-state index contributed by atoms with van der Waals surface area (Å²) >= 11 is 1.69. The summed E-state index contributed by atoms with van der Waals surface area (Å²) in [5.74, 6) is 0. The lowest BCUT2D eigenvalue weighted by Crippen LogP contribution is -1.99. The van der Waals surface area contributed by atoms with Crippen LogP contribution in [0.1, 0.15) is 46.5 Å². The zero-order chi connectivity index (χ0) is 12.4. The van der Waals surface area contributed by atoms with Crippen molar-refractivity contribution in [2.24, 2.45) is 0 Å². The van der Waals surface area contributed by atoms with Gasteiger partial charge in [-0.05, 0) is 31.2 Å². The predicted molar refractivity (Wildman–Crippen MR) is 73.9 cm³/mol. The highest BCUT2D eigenvalue weighted by molar-refractivity contribution is 7.11. The van der Waals surface area contributed by atoms with E-state index >= 15 is 0 Å². The van der Waals surface area contributed by atoms with Gasteiger partial charge in [-0.2, -0.15) is 0 Å². The van der Waals surface area contributed by atoms with E-state index in [1.54, 1.807) is 11.3 Å². The Morgan fingerprint density at radius 3 is 2.67 bits per heavy atom. The molecule has 1 aromatic heterocycles. The van der Waals surface area contributed by atoms with Crippen LogP contribution in [-0.4, -0.2) is 10.1 Å². The quantitative estimate of drug-likeness (QED) is 0.837. The Balaban J connectivity index is 1.89. The van der Waals surface area contributed by atoms with Crippen molar-refractivity contribution in [3.63, 3.8) is 0 Å². The number of aryl methyl sites for hydroxylation is 2. The fraction of sp³-hybridized carbons (Fsp3) is 0.400. The molecule has 1 aliphatic rings. The fourth-order valence-electron chi connectivity index (χ4n) is 2.44. The molecular weight excluding hydrogens is 242 g/mol. The number of thiazole rings is 1. The monoisotopic (exact) mass is 259 g/mol. The second-order valence-corrected chi connectivity index (χ2v) is 5.91. The molecule has 18 heavy (non-hydrogen) atoms. The molecule has 1 unspecified atom stereocenters. The molecule has 3 rings (SSSR count). The first kappa shape index (κ1) is 11.9. The van der Waals surface area contributed by atoms with E-state index in [-0.39, 0.29) is 0 Å². The molecule has 2 aromatic rings. The highest BCUT2D eigenvalue weighted by Crippen LogP contribution is 2.31. The van der Waals surface area contributed by atoms with Gasteiger partial charge in [-0.25, -0.2) is 4.98 Å². The summed E-state index contributed by atoms with van der Waals surface area (Å²) in [6.07, 6.45) is 5.44. The van der Waals surface area contributed by atoms with Crippen molar-refractivity contribution in [1.82, 2.24) is 4.98 Å². The van der Waals surface area contributed by atoms with E-state index in [9.17, 15) is 5.11 Å². The minimum absolute atomic E-state index is 0.567. The van der Waals surface area contributed by atoms with Gasteiger partial charge >= 0.3 is 0 Å². The summed E-state index contributed by atoms with van der Waals surface area (Å²) in [4.78, 5) is 6.04. The van der Waals surface area contributed by atoms with Gasteiger partial charge in [0.2, 0.25) is 0 Å². The molecule has 0 amide bonds.